The molecule has 0 aromatic heterocycles. The number of hydrogen-bond donors (Lipinski definition) is 1. The van der Waals surface area contributed by atoms with Crippen LogP contribution in [0.5, 0.6) is 5.75 Å². The highest BCUT2D eigenvalue weighted by Crippen LogP contribution is 2.37. The maximum Gasteiger partial charge on any atom is 0.344 e. The number of carbonyl (C=O) groups is 3. The predicted molar refractivity (Wildman–Crippen MR) is 109 cm³/mol. The van der Waals surface area contributed by atoms with Crippen LogP contribution in [-0.4, -0.2) is 28.3 Å². The maximum absolute atomic E-state index is 12.8. The fraction of sp³-hybridized carbons (Fsp3) is 0.190. The van der Waals surface area contributed by atoms with Crippen molar-refractivity contribution < 1.29 is 24.2 Å². The van der Waals surface area contributed by atoms with E-state index >= 15 is 0 Å². The molecular formula is C21H19NO5S. The lowest BCUT2D eigenvalue weighted by Crippen LogP contribution is -2.28. The van der Waals surface area contributed by atoms with Crippen molar-refractivity contribution in [3.63, 3.8) is 0 Å². The SMILES string of the molecule is Cc1ccc(N2C(=O)S/C(=C/c3cccc(OC(C)C(=O)O)c3)C2=O)c(C)c1. The Bertz CT molecular complexity index is 998. The van der Waals surface area contributed by atoms with Gasteiger partial charge in [0.25, 0.3) is 11.1 Å². The van der Waals surface area contributed by atoms with E-state index in [2.05, 4.69) is 0 Å². The van der Waals surface area contributed by atoms with E-state index in [4.69, 9.17) is 9.84 Å². The quantitative estimate of drug-likeness (QED) is 0.753. The number of anilines is 1. The molecule has 1 atom stereocenters. The van der Waals surface area contributed by atoms with Gasteiger partial charge in [-0.3, -0.25) is 9.59 Å². The molecule has 0 aliphatic carbocycles. The number of thioether (sulfide) groups is 1. The fourth-order valence-corrected chi connectivity index (χ4v) is 3.65. The zero-order valence-corrected chi connectivity index (χ0v) is 16.4. The number of ether oxygens (including phenoxy) is 1. The molecule has 1 N–H and O–H groups in total. The van der Waals surface area contributed by atoms with Crippen molar-refractivity contribution in [1.29, 1.82) is 0 Å². The average Bonchev–Trinajstić information content (AvgIpc) is 2.89. The van der Waals surface area contributed by atoms with Crippen molar-refractivity contribution in [3.05, 3.63) is 64.1 Å². The van der Waals surface area contributed by atoms with E-state index in [0.717, 1.165) is 22.9 Å². The molecule has 3 rings (SSSR count). The molecule has 1 saturated heterocycles. The summed E-state index contributed by atoms with van der Waals surface area (Å²) in [7, 11) is 0. The number of aryl methyl sites for hydroxylation is 2. The molecule has 1 fully saturated rings. The van der Waals surface area contributed by atoms with Gasteiger partial charge in [-0.1, -0.05) is 29.8 Å². The van der Waals surface area contributed by atoms with Gasteiger partial charge in [-0.05, 0) is 67.9 Å². The van der Waals surface area contributed by atoms with Gasteiger partial charge < -0.3 is 9.84 Å². The smallest absolute Gasteiger partial charge is 0.344 e. The molecule has 0 radical (unpaired) electrons. The van der Waals surface area contributed by atoms with Crippen molar-refractivity contribution in [1.82, 2.24) is 0 Å². The zero-order chi connectivity index (χ0) is 20.4. The third-order valence-electron chi connectivity index (χ3n) is 4.20. The summed E-state index contributed by atoms with van der Waals surface area (Å²) in [6.45, 7) is 5.24. The molecule has 6 nitrogen and oxygen atoms in total. The van der Waals surface area contributed by atoms with Crippen molar-refractivity contribution in [2.75, 3.05) is 4.90 Å². The van der Waals surface area contributed by atoms with Crippen molar-refractivity contribution in [3.8, 4) is 5.75 Å². The minimum atomic E-state index is -1.07. The maximum atomic E-state index is 12.8. The number of rotatable bonds is 5. The molecule has 1 aliphatic heterocycles. The largest absolute Gasteiger partial charge is 0.479 e. The summed E-state index contributed by atoms with van der Waals surface area (Å²) in [5.74, 6) is -1.08. The summed E-state index contributed by atoms with van der Waals surface area (Å²) in [6, 6.07) is 12.3. The van der Waals surface area contributed by atoms with Gasteiger partial charge in [0, 0.05) is 0 Å². The molecule has 0 spiro atoms. The number of carboxylic acid groups (broad SMARTS) is 1. The third-order valence-corrected chi connectivity index (χ3v) is 5.07. The van der Waals surface area contributed by atoms with E-state index in [-0.39, 0.29) is 11.1 Å². The fourth-order valence-electron chi connectivity index (χ4n) is 2.82. The molecule has 144 valence electrons. The highest BCUT2D eigenvalue weighted by Gasteiger charge is 2.36. The topological polar surface area (TPSA) is 83.9 Å². The molecule has 28 heavy (non-hydrogen) atoms. The van der Waals surface area contributed by atoms with E-state index in [1.54, 1.807) is 36.4 Å². The number of aliphatic carboxylic acids is 1. The molecule has 2 amide bonds. The molecule has 0 bridgehead atoms. The first-order valence-corrected chi connectivity index (χ1v) is 9.42. The molecule has 0 saturated carbocycles. The van der Waals surface area contributed by atoms with Gasteiger partial charge >= 0.3 is 5.97 Å². The lowest BCUT2D eigenvalue weighted by atomic mass is 10.1. The Labute approximate surface area is 166 Å². The summed E-state index contributed by atoms with van der Waals surface area (Å²) in [6.07, 6.45) is 0.610. The van der Waals surface area contributed by atoms with Gasteiger partial charge in [-0.15, -0.1) is 0 Å². The van der Waals surface area contributed by atoms with E-state index in [1.165, 1.54) is 11.8 Å². The average molecular weight is 397 g/mol. The van der Waals surface area contributed by atoms with Crippen LogP contribution in [0.3, 0.4) is 0 Å². The first kappa shape index (κ1) is 19.7. The van der Waals surface area contributed by atoms with Gasteiger partial charge in [0.05, 0.1) is 10.6 Å². The van der Waals surface area contributed by atoms with Crippen LogP contribution < -0.4 is 9.64 Å². The van der Waals surface area contributed by atoms with Crippen LogP contribution in [0.1, 0.15) is 23.6 Å². The second-order valence-electron chi connectivity index (χ2n) is 6.48. The number of imide groups is 1. The molecule has 7 heteroatoms. The zero-order valence-electron chi connectivity index (χ0n) is 15.6. The molecule has 2 aromatic rings. The van der Waals surface area contributed by atoms with Crippen LogP contribution in [0.15, 0.2) is 47.4 Å². The van der Waals surface area contributed by atoms with Crippen LogP contribution in [0.25, 0.3) is 6.08 Å². The number of carboxylic acids is 1. The van der Waals surface area contributed by atoms with Crippen molar-refractivity contribution in [2.45, 2.75) is 26.9 Å². The standard InChI is InChI=1S/C21H19NO5S/c1-12-7-8-17(13(2)9-12)22-19(23)18(28-21(22)26)11-15-5-4-6-16(10-15)27-14(3)20(24)25/h4-11,14H,1-3H3,(H,24,25)/b18-11+. The van der Waals surface area contributed by atoms with E-state index in [9.17, 15) is 14.4 Å². The van der Waals surface area contributed by atoms with Gasteiger partial charge in [-0.2, -0.15) is 0 Å². The van der Waals surface area contributed by atoms with Gasteiger partial charge in [-0.25, -0.2) is 9.69 Å². The van der Waals surface area contributed by atoms with Crippen LogP contribution in [0.2, 0.25) is 0 Å². The first-order chi connectivity index (χ1) is 13.3. The molecule has 1 aliphatic rings. The van der Waals surface area contributed by atoms with Crippen LogP contribution >= 0.6 is 11.8 Å². The summed E-state index contributed by atoms with van der Waals surface area (Å²) in [5.41, 5.74) is 3.11. The monoisotopic (exact) mass is 397 g/mol. The Morgan fingerprint density at radius 1 is 1.18 bits per heavy atom. The minimum absolute atomic E-state index is 0.299. The van der Waals surface area contributed by atoms with E-state index < -0.39 is 12.1 Å². The Hall–Kier alpha value is -3.06. The molecule has 1 heterocycles. The summed E-state index contributed by atoms with van der Waals surface area (Å²) in [4.78, 5) is 37.7. The normalized spacial score (nSPS) is 16.5. The molecule has 1 unspecified atom stereocenters. The lowest BCUT2D eigenvalue weighted by Gasteiger charge is -2.15. The summed E-state index contributed by atoms with van der Waals surface area (Å²) in [5, 5.41) is 8.60. The Morgan fingerprint density at radius 2 is 1.93 bits per heavy atom. The second kappa shape index (κ2) is 7.90. The third kappa shape index (κ3) is 4.09. The predicted octanol–water partition coefficient (Wildman–Crippen LogP) is 4.40. The lowest BCUT2D eigenvalue weighted by molar-refractivity contribution is -0.144. The van der Waals surface area contributed by atoms with E-state index in [1.807, 2.05) is 26.0 Å². The van der Waals surface area contributed by atoms with Crippen LogP contribution in [-0.2, 0) is 9.59 Å². The van der Waals surface area contributed by atoms with Crippen LogP contribution in [0.4, 0.5) is 10.5 Å². The summed E-state index contributed by atoms with van der Waals surface area (Å²) >= 11 is 0.873. The van der Waals surface area contributed by atoms with Crippen molar-refractivity contribution in [2.24, 2.45) is 0 Å². The van der Waals surface area contributed by atoms with E-state index in [0.29, 0.717) is 21.9 Å². The molecule has 2 aromatic carbocycles. The number of hydrogen-bond acceptors (Lipinski definition) is 5. The van der Waals surface area contributed by atoms with Crippen molar-refractivity contribution >= 4 is 40.6 Å². The van der Waals surface area contributed by atoms with Crippen LogP contribution in [0, 0.1) is 13.8 Å². The highest BCUT2D eigenvalue weighted by molar-refractivity contribution is 8.19. The van der Waals surface area contributed by atoms with Gasteiger partial charge in [0.2, 0.25) is 0 Å². The van der Waals surface area contributed by atoms with Gasteiger partial charge in [0.1, 0.15) is 5.75 Å². The first-order valence-electron chi connectivity index (χ1n) is 8.61. The minimum Gasteiger partial charge on any atom is -0.479 e. The Balaban J connectivity index is 1.87. The number of benzene rings is 2. The Morgan fingerprint density at radius 3 is 2.61 bits per heavy atom. The Kier molecular flexibility index (Phi) is 5.56. The van der Waals surface area contributed by atoms with Gasteiger partial charge in [0.15, 0.2) is 6.10 Å². The number of nitrogens with zero attached hydrogens (tertiary/aromatic N) is 1. The number of amides is 2. The highest BCUT2D eigenvalue weighted by atomic mass is 32.2. The number of carbonyl (C=O) groups excluding carboxylic acids is 2. The summed E-state index contributed by atoms with van der Waals surface area (Å²) < 4.78 is 5.35. The second-order valence-corrected chi connectivity index (χ2v) is 7.47. The molecular weight excluding hydrogens is 378 g/mol.